The lowest BCUT2D eigenvalue weighted by Crippen LogP contribution is -2.49. The molecule has 0 saturated heterocycles. The van der Waals surface area contributed by atoms with E-state index in [2.05, 4.69) is 10.3 Å². The first kappa shape index (κ1) is 18.2. The zero-order valence-electron chi connectivity index (χ0n) is 16.1. The van der Waals surface area contributed by atoms with E-state index in [9.17, 15) is 9.59 Å². The number of aromatic nitrogens is 1. The third-order valence-electron chi connectivity index (χ3n) is 5.34. The van der Waals surface area contributed by atoms with E-state index in [0.717, 1.165) is 29.5 Å². The molecule has 2 amide bonds. The molecule has 1 aliphatic heterocycles. The van der Waals surface area contributed by atoms with Crippen molar-refractivity contribution in [3.05, 3.63) is 66.4 Å². The van der Waals surface area contributed by atoms with Crippen molar-refractivity contribution >= 4 is 34.1 Å². The molecular weight excluding hydrogens is 350 g/mol. The first-order chi connectivity index (χ1) is 13.5. The first-order valence-electron chi connectivity index (χ1n) is 9.53. The van der Waals surface area contributed by atoms with E-state index in [1.165, 1.54) is 0 Å². The number of amides is 2. The van der Waals surface area contributed by atoms with Gasteiger partial charge < -0.3 is 10.2 Å². The van der Waals surface area contributed by atoms with Gasteiger partial charge in [0.2, 0.25) is 11.8 Å². The number of nitrogens with one attached hydrogen (secondary N) is 1. The monoisotopic (exact) mass is 373 g/mol. The van der Waals surface area contributed by atoms with Crippen molar-refractivity contribution in [1.82, 2.24) is 4.98 Å². The smallest absolute Gasteiger partial charge is 0.242 e. The average Bonchev–Trinajstić information content (AvgIpc) is 2.73. The fraction of sp³-hybridized carbons (Fsp3) is 0.261. The molecule has 28 heavy (non-hydrogen) atoms. The molecule has 2 aromatic carbocycles. The molecule has 1 aliphatic rings. The Labute approximate surface area is 164 Å². The molecule has 0 fully saturated rings. The summed E-state index contributed by atoms with van der Waals surface area (Å²) in [7, 11) is 0. The predicted molar refractivity (Wildman–Crippen MR) is 111 cm³/mol. The maximum absolute atomic E-state index is 13.3. The van der Waals surface area contributed by atoms with Crippen LogP contribution in [-0.2, 0) is 16.0 Å². The van der Waals surface area contributed by atoms with Gasteiger partial charge in [-0.2, -0.15) is 0 Å². The quantitative estimate of drug-likeness (QED) is 0.701. The van der Waals surface area contributed by atoms with Crippen LogP contribution in [0.4, 0.5) is 11.4 Å². The van der Waals surface area contributed by atoms with E-state index in [0.29, 0.717) is 17.7 Å². The number of hydrogen-bond acceptors (Lipinski definition) is 3. The van der Waals surface area contributed by atoms with Crippen LogP contribution in [0.5, 0.6) is 0 Å². The minimum absolute atomic E-state index is 0.189. The molecule has 0 aliphatic carbocycles. The summed E-state index contributed by atoms with van der Waals surface area (Å²) in [5, 5.41) is 3.86. The maximum atomic E-state index is 13.3. The highest BCUT2D eigenvalue weighted by Gasteiger charge is 2.41. The largest absolute Gasteiger partial charge is 0.323 e. The van der Waals surface area contributed by atoms with Crippen LogP contribution in [0.1, 0.15) is 25.8 Å². The van der Waals surface area contributed by atoms with Crippen LogP contribution >= 0.6 is 0 Å². The Balaban J connectivity index is 1.61. The molecule has 1 N–H and O–H groups in total. The SMILES string of the molecule is CC(C)(C(=O)Nc1cccc2cccnc12)C(=O)N1CCCc2ccccc21. The molecule has 5 nitrogen and oxygen atoms in total. The zero-order valence-corrected chi connectivity index (χ0v) is 16.1. The van der Waals surface area contributed by atoms with Gasteiger partial charge in [-0.15, -0.1) is 0 Å². The van der Waals surface area contributed by atoms with Gasteiger partial charge >= 0.3 is 0 Å². The standard InChI is InChI=1S/C23H23N3O2/c1-23(2,22(28)26-15-7-11-16-8-3-4-13-19(16)26)21(27)25-18-12-5-9-17-10-6-14-24-20(17)18/h3-6,8-10,12-14H,7,11,15H2,1-2H3,(H,25,27). The molecule has 0 bridgehead atoms. The number of para-hydroxylation sites is 2. The molecule has 2 heterocycles. The summed E-state index contributed by atoms with van der Waals surface area (Å²) in [4.78, 5) is 32.5. The second-order valence-corrected chi connectivity index (χ2v) is 7.65. The van der Waals surface area contributed by atoms with E-state index >= 15 is 0 Å². The Bertz CT molecular complexity index is 1050. The molecule has 0 saturated carbocycles. The second-order valence-electron chi connectivity index (χ2n) is 7.65. The Hall–Kier alpha value is -3.21. The number of carbonyl (C=O) groups is 2. The van der Waals surface area contributed by atoms with Gasteiger partial charge in [-0.1, -0.05) is 36.4 Å². The van der Waals surface area contributed by atoms with Crippen LogP contribution in [-0.4, -0.2) is 23.3 Å². The summed E-state index contributed by atoms with van der Waals surface area (Å²) in [6.07, 6.45) is 3.54. The molecule has 4 rings (SSSR count). The van der Waals surface area contributed by atoms with Crippen molar-refractivity contribution < 1.29 is 9.59 Å². The van der Waals surface area contributed by atoms with Crippen molar-refractivity contribution in [2.75, 3.05) is 16.8 Å². The fourth-order valence-electron chi connectivity index (χ4n) is 3.66. The molecule has 142 valence electrons. The topological polar surface area (TPSA) is 62.3 Å². The summed E-state index contributed by atoms with van der Waals surface area (Å²) in [5.74, 6) is -0.524. The van der Waals surface area contributed by atoms with Crippen molar-refractivity contribution in [3.8, 4) is 0 Å². The van der Waals surface area contributed by atoms with Gasteiger partial charge in [0.1, 0.15) is 5.41 Å². The van der Waals surface area contributed by atoms with E-state index < -0.39 is 5.41 Å². The molecule has 0 spiro atoms. The molecule has 1 aromatic heterocycles. The van der Waals surface area contributed by atoms with Gasteiger partial charge in [0, 0.05) is 23.8 Å². The van der Waals surface area contributed by atoms with Gasteiger partial charge in [-0.25, -0.2) is 0 Å². The van der Waals surface area contributed by atoms with E-state index in [1.807, 2.05) is 54.6 Å². The third-order valence-corrected chi connectivity index (χ3v) is 5.34. The molecule has 3 aromatic rings. The van der Waals surface area contributed by atoms with Crippen LogP contribution in [0, 0.1) is 5.41 Å². The van der Waals surface area contributed by atoms with Crippen molar-refractivity contribution in [2.45, 2.75) is 26.7 Å². The lowest BCUT2D eigenvalue weighted by molar-refractivity contribution is -0.136. The maximum Gasteiger partial charge on any atom is 0.242 e. The van der Waals surface area contributed by atoms with E-state index in [-0.39, 0.29) is 11.8 Å². The Morgan fingerprint density at radius 1 is 1.04 bits per heavy atom. The number of carbonyl (C=O) groups excluding carboxylic acids is 2. The van der Waals surface area contributed by atoms with Gasteiger partial charge in [-0.05, 0) is 50.5 Å². The summed E-state index contributed by atoms with van der Waals surface area (Å²) in [6, 6.07) is 17.3. The number of pyridine rings is 1. The van der Waals surface area contributed by atoms with Gasteiger partial charge in [0.15, 0.2) is 0 Å². The Morgan fingerprint density at radius 3 is 2.68 bits per heavy atom. The van der Waals surface area contributed by atoms with E-state index in [4.69, 9.17) is 0 Å². The van der Waals surface area contributed by atoms with Crippen LogP contribution < -0.4 is 10.2 Å². The Morgan fingerprint density at radius 2 is 1.82 bits per heavy atom. The van der Waals surface area contributed by atoms with Gasteiger partial charge in [0.25, 0.3) is 0 Å². The number of rotatable bonds is 3. The second kappa shape index (κ2) is 7.08. The summed E-state index contributed by atoms with van der Waals surface area (Å²) < 4.78 is 0. The van der Waals surface area contributed by atoms with E-state index in [1.54, 1.807) is 24.9 Å². The van der Waals surface area contributed by atoms with Crippen LogP contribution in [0.3, 0.4) is 0 Å². The highest BCUT2D eigenvalue weighted by Crippen LogP contribution is 2.32. The van der Waals surface area contributed by atoms with Crippen molar-refractivity contribution in [2.24, 2.45) is 5.41 Å². The predicted octanol–water partition coefficient (Wildman–Crippen LogP) is 4.18. The molecular formula is C23H23N3O2. The molecule has 0 atom stereocenters. The number of fused-ring (bicyclic) bond motifs is 2. The van der Waals surface area contributed by atoms with Gasteiger partial charge in [0.05, 0.1) is 11.2 Å². The summed E-state index contributed by atoms with van der Waals surface area (Å²) in [6.45, 7) is 3.99. The minimum Gasteiger partial charge on any atom is -0.323 e. The normalized spacial score (nSPS) is 13.9. The molecule has 5 heteroatoms. The van der Waals surface area contributed by atoms with Crippen molar-refractivity contribution in [3.63, 3.8) is 0 Å². The number of anilines is 2. The lowest BCUT2D eigenvalue weighted by Gasteiger charge is -2.35. The summed E-state index contributed by atoms with van der Waals surface area (Å²) >= 11 is 0. The summed E-state index contributed by atoms with van der Waals surface area (Å²) in [5.41, 5.74) is 2.18. The average molecular weight is 373 g/mol. The highest BCUT2D eigenvalue weighted by atomic mass is 16.2. The fourth-order valence-corrected chi connectivity index (χ4v) is 3.66. The number of nitrogens with zero attached hydrogens (tertiary/aromatic N) is 2. The third kappa shape index (κ3) is 3.13. The van der Waals surface area contributed by atoms with Crippen LogP contribution in [0.25, 0.3) is 10.9 Å². The van der Waals surface area contributed by atoms with Crippen LogP contribution in [0.2, 0.25) is 0 Å². The zero-order chi connectivity index (χ0) is 19.7. The molecule has 0 radical (unpaired) electrons. The van der Waals surface area contributed by atoms with Crippen molar-refractivity contribution in [1.29, 1.82) is 0 Å². The number of benzene rings is 2. The number of hydrogen-bond donors (Lipinski definition) is 1. The number of aryl methyl sites for hydroxylation is 1. The first-order valence-corrected chi connectivity index (χ1v) is 9.53. The minimum atomic E-state index is -1.21. The molecule has 0 unspecified atom stereocenters. The Kier molecular flexibility index (Phi) is 4.59. The van der Waals surface area contributed by atoms with Crippen LogP contribution in [0.15, 0.2) is 60.8 Å². The highest BCUT2D eigenvalue weighted by molar-refractivity contribution is 6.16. The lowest BCUT2D eigenvalue weighted by atomic mass is 9.88. The van der Waals surface area contributed by atoms with Gasteiger partial charge in [-0.3, -0.25) is 14.6 Å².